The van der Waals surface area contributed by atoms with Crippen LogP contribution in [0, 0.1) is 0 Å². The second-order valence-electron chi connectivity index (χ2n) is 5.72. The van der Waals surface area contributed by atoms with Crippen molar-refractivity contribution in [3.05, 3.63) is 41.5 Å². The Morgan fingerprint density at radius 2 is 1.59 bits per heavy atom. The molecule has 1 aliphatic carbocycles. The Morgan fingerprint density at radius 1 is 1.00 bits per heavy atom. The van der Waals surface area contributed by atoms with Crippen molar-refractivity contribution in [1.82, 2.24) is 0 Å². The summed E-state index contributed by atoms with van der Waals surface area (Å²) in [7, 11) is -1.53. The Bertz CT molecular complexity index is 393. The number of allylic oxidation sites excluding steroid dienone is 1. The minimum Gasteiger partial charge on any atom is -0.544 e. The van der Waals surface area contributed by atoms with E-state index in [2.05, 4.69) is 50.0 Å². The topological polar surface area (TPSA) is 9.23 Å². The first kappa shape index (κ1) is 12.4. The Kier molecular flexibility index (Phi) is 3.72. The van der Waals surface area contributed by atoms with Crippen molar-refractivity contribution < 1.29 is 4.43 Å². The van der Waals surface area contributed by atoms with Gasteiger partial charge in [0.25, 0.3) is 0 Å². The zero-order valence-corrected chi connectivity index (χ0v) is 12.1. The maximum atomic E-state index is 6.33. The molecule has 2 heteroatoms. The Balaban J connectivity index is 2.34. The SMILES string of the molecule is C[Si](C)(C)OC(=C1CCCC1)c1ccccc1. The van der Waals surface area contributed by atoms with Crippen LogP contribution in [0.5, 0.6) is 0 Å². The average molecular weight is 246 g/mol. The van der Waals surface area contributed by atoms with E-state index in [0.717, 1.165) is 0 Å². The highest BCUT2D eigenvalue weighted by Gasteiger charge is 2.22. The van der Waals surface area contributed by atoms with Crippen LogP contribution in [-0.2, 0) is 4.43 Å². The molecule has 2 rings (SSSR count). The third-order valence-electron chi connectivity index (χ3n) is 2.97. The number of hydrogen-bond donors (Lipinski definition) is 0. The van der Waals surface area contributed by atoms with Crippen LogP contribution in [0.1, 0.15) is 31.2 Å². The summed E-state index contributed by atoms with van der Waals surface area (Å²) >= 11 is 0. The van der Waals surface area contributed by atoms with E-state index in [0.29, 0.717) is 0 Å². The summed E-state index contributed by atoms with van der Waals surface area (Å²) < 4.78 is 6.33. The van der Waals surface area contributed by atoms with Crippen LogP contribution < -0.4 is 0 Å². The van der Waals surface area contributed by atoms with E-state index >= 15 is 0 Å². The molecule has 1 aromatic carbocycles. The molecule has 0 radical (unpaired) electrons. The van der Waals surface area contributed by atoms with Gasteiger partial charge in [0, 0.05) is 5.56 Å². The van der Waals surface area contributed by atoms with Crippen LogP contribution in [0.25, 0.3) is 5.76 Å². The molecule has 1 nitrogen and oxygen atoms in total. The molecule has 92 valence electrons. The first-order chi connectivity index (χ1) is 8.06. The van der Waals surface area contributed by atoms with Gasteiger partial charge in [-0.05, 0) is 50.9 Å². The normalized spacial score (nSPS) is 16.1. The molecule has 17 heavy (non-hydrogen) atoms. The van der Waals surface area contributed by atoms with Crippen LogP contribution in [0.4, 0.5) is 0 Å². The fourth-order valence-corrected chi connectivity index (χ4v) is 3.13. The summed E-state index contributed by atoms with van der Waals surface area (Å²) in [6.45, 7) is 6.77. The van der Waals surface area contributed by atoms with Crippen LogP contribution >= 0.6 is 0 Å². The summed E-state index contributed by atoms with van der Waals surface area (Å²) in [6, 6.07) is 10.6. The highest BCUT2D eigenvalue weighted by molar-refractivity contribution is 6.70. The summed E-state index contributed by atoms with van der Waals surface area (Å²) in [5, 5.41) is 0. The minimum atomic E-state index is -1.53. The molecule has 0 N–H and O–H groups in total. The summed E-state index contributed by atoms with van der Waals surface area (Å²) in [4.78, 5) is 0. The van der Waals surface area contributed by atoms with Gasteiger partial charge in [0.05, 0.1) is 0 Å². The van der Waals surface area contributed by atoms with Crippen LogP contribution in [0.3, 0.4) is 0 Å². The van der Waals surface area contributed by atoms with Gasteiger partial charge in [-0.15, -0.1) is 0 Å². The highest BCUT2D eigenvalue weighted by Crippen LogP contribution is 2.34. The van der Waals surface area contributed by atoms with E-state index in [4.69, 9.17) is 4.43 Å². The van der Waals surface area contributed by atoms with Crippen molar-refractivity contribution in [3.8, 4) is 0 Å². The molecule has 1 fully saturated rings. The third-order valence-corrected chi connectivity index (χ3v) is 3.79. The third kappa shape index (κ3) is 3.47. The minimum absolute atomic E-state index is 1.18. The largest absolute Gasteiger partial charge is 0.544 e. The van der Waals surface area contributed by atoms with Crippen molar-refractivity contribution in [3.63, 3.8) is 0 Å². The lowest BCUT2D eigenvalue weighted by atomic mass is 10.1. The van der Waals surface area contributed by atoms with Gasteiger partial charge in [-0.3, -0.25) is 0 Å². The summed E-state index contributed by atoms with van der Waals surface area (Å²) in [5.74, 6) is 1.18. The second-order valence-corrected chi connectivity index (χ2v) is 10.1. The quantitative estimate of drug-likeness (QED) is 0.548. The number of hydrogen-bond acceptors (Lipinski definition) is 1. The molecule has 0 spiro atoms. The molecule has 0 heterocycles. The van der Waals surface area contributed by atoms with E-state index < -0.39 is 8.32 Å². The predicted octanol–water partition coefficient (Wildman–Crippen LogP) is 4.82. The van der Waals surface area contributed by atoms with E-state index in [-0.39, 0.29) is 0 Å². The lowest BCUT2D eigenvalue weighted by molar-refractivity contribution is 0.507. The highest BCUT2D eigenvalue weighted by atomic mass is 28.4. The molecule has 1 saturated carbocycles. The van der Waals surface area contributed by atoms with Crippen molar-refractivity contribution in [2.75, 3.05) is 0 Å². The number of rotatable bonds is 3. The summed E-state index contributed by atoms with van der Waals surface area (Å²) in [5.41, 5.74) is 2.78. The van der Waals surface area contributed by atoms with Gasteiger partial charge in [-0.25, -0.2) is 0 Å². The van der Waals surface area contributed by atoms with E-state index in [1.54, 1.807) is 0 Å². The molecular formula is C15H22OSi. The first-order valence-corrected chi connectivity index (χ1v) is 9.93. The molecule has 0 atom stereocenters. The monoisotopic (exact) mass is 246 g/mol. The lowest BCUT2D eigenvalue weighted by Gasteiger charge is -2.24. The summed E-state index contributed by atoms with van der Waals surface area (Å²) in [6.07, 6.45) is 5.07. The molecular weight excluding hydrogens is 224 g/mol. The standard InChI is InChI=1S/C15H22OSi/c1-17(2,3)16-15(14-11-7-8-12-14)13-9-5-4-6-10-13/h4-6,9-10H,7-8,11-12H2,1-3H3. The van der Waals surface area contributed by atoms with Crippen molar-refractivity contribution in [1.29, 1.82) is 0 Å². The molecule has 0 amide bonds. The van der Waals surface area contributed by atoms with Gasteiger partial charge in [0.2, 0.25) is 8.32 Å². The van der Waals surface area contributed by atoms with Gasteiger partial charge in [0.15, 0.2) is 0 Å². The second kappa shape index (κ2) is 5.09. The van der Waals surface area contributed by atoms with Gasteiger partial charge < -0.3 is 4.43 Å². The van der Waals surface area contributed by atoms with Gasteiger partial charge >= 0.3 is 0 Å². The molecule has 0 unspecified atom stereocenters. The van der Waals surface area contributed by atoms with Crippen LogP contribution in [0.2, 0.25) is 19.6 Å². The fourth-order valence-electron chi connectivity index (χ4n) is 2.26. The molecule has 0 aliphatic heterocycles. The Hall–Kier alpha value is -1.02. The molecule has 0 bridgehead atoms. The van der Waals surface area contributed by atoms with Crippen LogP contribution in [0.15, 0.2) is 35.9 Å². The van der Waals surface area contributed by atoms with Gasteiger partial charge in [-0.2, -0.15) is 0 Å². The average Bonchev–Trinajstić information content (AvgIpc) is 2.79. The molecule has 1 aliphatic rings. The van der Waals surface area contributed by atoms with Crippen molar-refractivity contribution in [2.45, 2.75) is 45.3 Å². The molecule has 1 aromatic rings. The number of benzene rings is 1. The smallest absolute Gasteiger partial charge is 0.242 e. The van der Waals surface area contributed by atoms with Crippen molar-refractivity contribution in [2.24, 2.45) is 0 Å². The van der Waals surface area contributed by atoms with E-state index in [9.17, 15) is 0 Å². The Morgan fingerprint density at radius 3 is 2.12 bits per heavy atom. The zero-order chi connectivity index (χ0) is 12.3. The predicted molar refractivity (Wildman–Crippen MR) is 76.3 cm³/mol. The Labute approximate surface area is 106 Å². The maximum absolute atomic E-state index is 6.33. The maximum Gasteiger partial charge on any atom is 0.242 e. The van der Waals surface area contributed by atoms with Gasteiger partial charge in [-0.1, -0.05) is 30.3 Å². The van der Waals surface area contributed by atoms with Crippen LogP contribution in [-0.4, -0.2) is 8.32 Å². The van der Waals surface area contributed by atoms with E-state index in [1.165, 1.54) is 42.6 Å². The first-order valence-electron chi connectivity index (χ1n) is 6.53. The van der Waals surface area contributed by atoms with Crippen molar-refractivity contribution >= 4 is 14.1 Å². The molecule has 0 saturated heterocycles. The molecule has 0 aromatic heterocycles. The fraction of sp³-hybridized carbons (Fsp3) is 0.467. The zero-order valence-electron chi connectivity index (χ0n) is 11.1. The lowest BCUT2D eigenvalue weighted by Crippen LogP contribution is -2.24. The van der Waals surface area contributed by atoms with Gasteiger partial charge in [0.1, 0.15) is 5.76 Å². The van der Waals surface area contributed by atoms with E-state index in [1.807, 2.05) is 0 Å².